The average molecular weight is 433 g/mol. The van der Waals surface area contributed by atoms with Crippen molar-refractivity contribution in [3.8, 4) is 5.69 Å². The van der Waals surface area contributed by atoms with Crippen molar-refractivity contribution in [3.05, 3.63) is 75.7 Å². The van der Waals surface area contributed by atoms with Gasteiger partial charge in [0.05, 0.1) is 22.3 Å². The lowest BCUT2D eigenvalue weighted by molar-refractivity contribution is 0.378. The second-order valence-electron chi connectivity index (χ2n) is 7.31. The van der Waals surface area contributed by atoms with Gasteiger partial charge in [0.2, 0.25) is 11.7 Å². The van der Waals surface area contributed by atoms with Crippen LogP contribution in [0.25, 0.3) is 22.4 Å². The number of aryl methyl sites for hydroxylation is 3. The summed E-state index contributed by atoms with van der Waals surface area (Å²) in [6, 6.07) is 13.6. The molecule has 0 radical (unpaired) electrons. The van der Waals surface area contributed by atoms with Gasteiger partial charge in [-0.05, 0) is 43.2 Å². The first kappa shape index (κ1) is 19.5. The van der Waals surface area contributed by atoms with Crippen LogP contribution in [0.15, 0.2) is 56.9 Å². The molecular formula is C22H20N6O2S. The molecule has 31 heavy (non-hydrogen) atoms. The summed E-state index contributed by atoms with van der Waals surface area (Å²) < 4.78 is 8.76. The number of para-hydroxylation sites is 1. The average Bonchev–Trinajstić information content (AvgIpc) is 3.42. The zero-order valence-corrected chi connectivity index (χ0v) is 18.2. The smallest absolute Gasteiger partial charge is 0.267 e. The van der Waals surface area contributed by atoms with Crippen molar-refractivity contribution in [1.29, 1.82) is 0 Å². The van der Waals surface area contributed by atoms with Gasteiger partial charge in [0, 0.05) is 6.42 Å². The minimum atomic E-state index is -0.119. The maximum absolute atomic E-state index is 13.5. The Morgan fingerprint density at radius 2 is 1.94 bits per heavy atom. The highest BCUT2D eigenvalue weighted by molar-refractivity contribution is 7.98. The summed E-state index contributed by atoms with van der Waals surface area (Å²) in [5.41, 5.74) is 3.50. The van der Waals surface area contributed by atoms with E-state index in [1.54, 1.807) is 4.57 Å². The molecule has 0 atom stereocenters. The third-order valence-electron chi connectivity index (χ3n) is 5.14. The molecule has 9 heteroatoms. The molecule has 0 saturated carbocycles. The number of fused-ring (bicyclic) bond motifs is 3. The highest BCUT2D eigenvalue weighted by Crippen LogP contribution is 2.26. The van der Waals surface area contributed by atoms with Crippen molar-refractivity contribution in [2.75, 3.05) is 0 Å². The van der Waals surface area contributed by atoms with E-state index in [1.165, 1.54) is 11.8 Å². The SMILES string of the molecule is CCc1nc(CSc2nnc3n(-c4cc(C)ccc4C)c(=O)c4ccccc4n23)no1. The maximum atomic E-state index is 13.5. The molecule has 0 N–H and O–H groups in total. The quantitative estimate of drug-likeness (QED) is 0.389. The molecule has 0 fully saturated rings. The Morgan fingerprint density at radius 3 is 2.74 bits per heavy atom. The van der Waals surface area contributed by atoms with Gasteiger partial charge in [0.25, 0.3) is 5.56 Å². The molecule has 0 unspecified atom stereocenters. The first-order valence-corrected chi connectivity index (χ1v) is 11.0. The molecule has 0 bridgehead atoms. The number of rotatable bonds is 5. The normalized spacial score (nSPS) is 11.6. The van der Waals surface area contributed by atoms with Crippen molar-refractivity contribution in [3.63, 3.8) is 0 Å². The predicted octanol–water partition coefficient (Wildman–Crippen LogP) is 3.89. The fourth-order valence-corrected chi connectivity index (χ4v) is 4.35. The van der Waals surface area contributed by atoms with Crippen molar-refractivity contribution >= 4 is 28.4 Å². The molecular weight excluding hydrogens is 412 g/mol. The summed E-state index contributed by atoms with van der Waals surface area (Å²) >= 11 is 1.45. The van der Waals surface area contributed by atoms with E-state index in [0.717, 1.165) is 22.3 Å². The van der Waals surface area contributed by atoms with Crippen LogP contribution in [0.2, 0.25) is 0 Å². The standard InChI is InChI=1S/C22H20N6O2S/c1-4-19-23-18(26-30-19)12-31-22-25-24-21-27(17-11-13(2)9-10-14(17)3)20(29)15-7-5-6-8-16(15)28(21)22/h5-11H,4,12H2,1-3H3. The number of nitrogens with zero attached hydrogens (tertiary/aromatic N) is 6. The predicted molar refractivity (Wildman–Crippen MR) is 119 cm³/mol. The van der Waals surface area contributed by atoms with Crippen LogP contribution in [-0.4, -0.2) is 29.3 Å². The van der Waals surface area contributed by atoms with Crippen molar-refractivity contribution < 1.29 is 4.52 Å². The lowest BCUT2D eigenvalue weighted by Gasteiger charge is -2.13. The lowest BCUT2D eigenvalue weighted by Crippen LogP contribution is -2.22. The monoisotopic (exact) mass is 432 g/mol. The third kappa shape index (κ3) is 3.31. The van der Waals surface area contributed by atoms with Crippen molar-refractivity contribution in [1.82, 2.24) is 29.3 Å². The maximum Gasteiger partial charge on any atom is 0.267 e. The Balaban J connectivity index is 1.72. The van der Waals surface area contributed by atoms with Gasteiger partial charge in [-0.25, -0.2) is 4.57 Å². The molecule has 5 aromatic rings. The Hall–Kier alpha value is -3.46. The largest absolute Gasteiger partial charge is 0.339 e. The van der Waals surface area contributed by atoms with E-state index in [-0.39, 0.29) is 5.56 Å². The lowest BCUT2D eigenvalue weighted by atomic mass is 10.1. The van der Waals surface area contributed by atoms with Crippen LogP contribution in [-0.2, 0) is 12.2 Å². The highest BCUT2D eigenvalue weighted by Gasteiger charge is 2.19. The zero-order chi connectivity index (χ0) is 21.5. The molecule has 3 heterocycles. The summed E-state index contributed by atoms with van der Waals surface area (Å²) in [4.78, 5) is 17.8. The van der Waals surface area contributed by atoms with E-state index < -0.39 is 0 Å². The second kappa shape index (κ2) is 7.66. The summed E-state index contributed by atoms with van der Waals surface area (Å²) in [6.07, 6.45) is 0.693. The van der Waals surface area contributed by atoms with E-state index in [2.05, 4.69) is 20.3 Å². The van der Waals surface area contributed by atoms with Crippen LogP contribution in [0.3, 0.4) is 0 Å². The Labute approximate surface area is 181 Å². The van der Waals surface area contributed by atoms with Gasteiger partial charge in [0.1, 0.15) is 0 Å². The molecule has 0 amide bonds. The van der Waals surface area contributed by atoms with Crippen molar-refractivity contribution in [2.45, 2.75) is 38.1 Å². The second-order valence-corrected chi connectivity index (χ2v) is 8.25. The molecule has 8 nitrogen and oxygen atoms in total. The first-order chi connectivity index (χ1) is 15.1. The fourth-order valence-electron chi connectivity index (χ4n) is 3.57. The number of aromatic nitrogens is 6. The molecule has 5 rings (SSSR count). The van der Waals surface area contributed by atoms with Gasteiger partial charge in [-0.3, -0.25) is 9.20 Å². The molecule has 0 aliphatic carbocycles. The molecule has 0 saturated heterocycles. The number of benzene rings is 2. The Bertz CT molecular complexity index is 1480. The van der Waals surface area contributed by atoms with E-state index in [0.29, 0.717) is 40.2 Å². The molecule has 0 spiro atoms. The zero-order valence-electron chi connectivity index (χ0n) is 17.4. The van der Waals surface area contributed by atoms with Crippen LogP contribution in [0.5, 0.6) is 0 Å². The Kier molecular flexibility index (Phi) is 4.82. The molecule has 2 aromatic carbocycles. The number of hydrogen-bond acceptors (Lipinski definition) is 7. The fraction of sp³-hybridized carbons (Fsp3) is 0.227. The van der Waals surface area contributed by atoms with Gasteiger partial charge in [-0.2, -0.15) is 4.98 Å². The van der Waals surface area contributed by atoms with Gasteiger partial charge < -0.3 is 4.52 Å². The van der Waals surface area contributed by atoms with Gasteiger partial charge >= 0.3 is 0 Å². The van der Waals surface area contributed by atoms with Gasteiger partial charge in [-0.1, -0.05) is 48.1 Å². The van der Waals surface area contributed by atoms with E-state index in [9.17, 15) is 4.79 Å². The minimum absolute atomic E-state index is 0.119. The van der Waals surface area contributed by atoms with Crippen LogP contribution in [0, 0.1) is 13.8 Å². The number of hydrogen-bond donors (Lipinski definition) is 0. The summed E-state index contributed by atoms with van der Waals surface area (Å²) in [7, 11) is 0. The summed E-state index contributed by atoms with van der Waals surface area (Å²) in [5.74, 6) is 2.17. The van der Waals surface area contributed by atoms with Crippen LogP contribution < -0.4 is 5.56 Å². The van der Waals surface area contributed by atoms with Gasteiger partial charge in [0.15, 0.2) is 11.0 Å². The van der Waals surface area contributed by atoms with Crippen molar-refractivity contribution in [2.24, 2.45) is 0 Å². The third-order valence-corrected chi connectivity index (χ3v) is 6.07. The van der Waals surface area contributed by atoms with Crippen LogP contribution in [0.4, 0.5) is 0 Å². The van der Waals surface area contributed by atoms with Crippen LogP contribution in [0.1, 0.15) is 29.8 Å². The molecule has 0 aliphatic rings. The highest BCUT2D eigenvalue weighted by atomic mass is 32.2. The van der Waals surface area contributed by atoms with E-state index in [4.69, 9.17) is 4.52 Å². The molecule has 3 aromatic heterocycles. The van der Waals surface area contributed by atoms with Crippen LogP contribution >= 0.6 is 11.8 Å². The van der Waals surface area contributed by atoms with Gasteiger partial charge in [-0.15, -0.1) is 10.2 Å². The minimum Gasteiger partial charge on any atom is -0.339 e. The van der Waals surface area contributed by atoms with E-state index >= 15 is 0 Å². The van der Waals surface area contributed by atoms with E-state index in [1.807, 2.05) is 67.6 Å². The molecule has 0 aliphatic heterocycles. The summed E-state index contributed by atoms with van der Waals surface area (Å²) in [5, 5.41) is 14.1. The topological polar surface area (TPSA) is 91.1 Å². The summed E-state index contributed by atoms with van der Waals surface area (Å²) in [6.45, 7) is 5.96. The number of thioether (sulfide) groups is 1. The first-order valence-electron chi connectivity index (χ1n) is 9.97. The Morgan fingerprint density at radius 1 is 1.10 bits per heavy atom. The molecule has 156 valence electrons.